The van der Waals surface area contributed by atoms with Gasteiger partial charge in [-0.3, -0.25) is 10.1 Å². The van der Waals surface area contributed by atoms with Crippen LogP contribution in [0.25, 0.3) is 0 Å². The number of amides is 1. The first kappa shape index (κ1) is 16.3. The molecule has 1 aromatic heterocycles. The highest BCUT2D eigenvalue weighted by atomic mass is 16.6. The summed E-state index contributed by atoms with van der Waals surface area (Å²) in [6.45, 7) is 7.56. The van der Waals surface area contributed by atoms with Crippen LogP contribution in [0, 0.1) is 5.92 Å². The SMILES string of the molecule is CCOC(=O)[C@H]1C[C@@H]1c1cccc(NC(=O)OC(C)(C)C)n1. The minimum Gasteiger partial charge on any atom is -0.466 e. The summed E-state index contributed by atoms with van der Waals surface area (Å²) in [4.78, 5) is 27.8. The van der Waals surface area contributed by atoms with Gasteiger partial charge in [0.2, 0.25) is 0 Å². The maximum absolute atomic E-state index is 11.7. The van der Waals surface area contributed by atoms with Crippen LogP contribution >= 0.6 is 0 Å². The lowest BCUT2D eigenvalue weighted by molar-refractivity contribution is -0.144. The van der Waals surface area contributed by atoms with Gasteiger partial charge in [-0.05, 0) is 46.2 Å². The van der Waals surface area contributed by atoms with Crippen molar-refractivity contribution in [2.45, 2.75) is 45.6 Å². The van der Waals surface area contributed by atoms with Gasteiger partial charge in [0.1, 0.15) is 11.4 Å². The van der Waals surface area contributed by atoms with Crippen molar-refractivity contribution >= 4 is 17.9 Å². The number of esters is 1. The Kier molecular flexibility index (Phi) is 4.68. The second-order valence-electron chi connectivity index (χ2n) is 6.28. The van der Waals surface area contributed by atoms with Crippen LogP contribution in [0.2, 0.25) is 0 Å². The zero-order chi connectivity index (χ0) is 16.3. The van der Waals surface area contributed by atoms with E-state index in [1.54, 1.807) is 39.8 Å². The highest BCUT2D eigenvalue weighted by Crippen LogP contribution is 2.47. The molecule has 0 saturated heterocycles. The lowest BCUT2D eigenvalue weighted by Crippen LogP contribution is -2.27. The number of nitrogens with one attached hydrogen (secondary N) is 1. The van der Waals surface area contributed by atoms with Crippen molar-refractivity contribution in [2.24, 2.45) is 5.92 Å². The fourth-order valence-corrected chi connectivity index (χ4v) is 2.17. The minimum atomic E-state index is -0.562. The Morgan fingerprint density at radius 3 is 2.73 bits per heavy atom. The molecule has 1 amide bonds. The number of pyridine rings is 1. The first-order valence-electron chi connectivity index (χ1n) is 7.43. The van der Waals surface area contributed by atoms with Crippen LogP contribution in [0.15, 0.2) is 18.2 Å². The van der Waals surface area contributed by atoms with Crippen molar-refractivity contribution in [3.63, 3.8) is 0 Å². The zero-order valence-electron chi connectivity index (χ0n) is 13.4. The van der Waals surface area contributed by atoms with Gasteiger partial charge in [0.25, 0.3) is 0 Å². The first-order valence-corrected chi connectivity index (χ1v) is 7.43. The molecule has 1 aromatic rings. The van der Waals surface area contributed by atoms with Crippen LogP contribution in [-0.2, 0) is 14.3 Å². The molecule has 6 nitrogen and oxygen atoms in total. The highest BCUT2D eigenvalue weighted by Gasteiger charge is 2.46. The fourth-order valence-electron chi connectivity index (χ4n) is 2.17. The van der Waals surface area contributed by atoms with Crippen molar-refractivity contribution in [3.8, 4) is 0 Å². The van der Waals surface area contributed by atoms with E-state index >= 15 is 0 Å². The number of nitrogens with zero attached hydrogens (tertiary/aromatic N) is 1. The largest absolute Gasteiger partial charge is 0.466 e. The molecule has 1 heterocycles. The van der Waals surface area contributed by atoms with Gasteiger partial charge < -0.3 is 9.47 Å². The lowest BCUT2D eigenvalue weighted by Gasteiger charge is -2.19. The molecule has 1 saturated carbocycles. The van der Waals surface area contributed by atoms with Crippen LogP contribution in [-0.4, -0.2) is 29.3 Å². The van der Waals surface area contributed by atoms with Gasteiger partial charge in [0, 0.05) is 11.6 Å². The summed E-state index contributed by atoms with van der Waals surface area (Å²) in [6.07, 6.45) is 0.191. The Labute approximate surface area is 130 Å². The van der Waals surface area contributed by atoms with E-state index in [0.717, 1.165) is 12.1 Å². The minimum absolute atomic E-state index is 0.0689. The van der Waals surface area contributed by atoms with Crippen molar-refractivity contribution in [2.75, 3.05) is 11.9 Å². The number of hydrogen-bond acceptors (Lipinski definition) is 5. The third-order valence-electron chi connectivity index (χ3n) is 3.16. The number of anilines is 1. The number of carbonyl (C=O) groups is 2. The Hall–Kier alpha value is -2.11. The Morgan fingerprint density at radius 2 is 2.09 bits per heavy atom. The van der Waals surface area contributed by atoms with Crippen LogP contribution in [0.5, 0.6) is 0 Å². The molecule has 120 valence electrons. The van der Waals surface area contributed by atoms with Crippen LogP contribution in [0.3, 0.4) is 0 Å². The number of carbonyl (C=O) groups excluding carboxylic acids is 2. The maximum Gasteiger partial charge on any atom is 0.413 e. The van der Waals surface area contributed by atoms with Gasteiger partial charge in [-0.2, -0.15) is 0 Å². The molecule has 1 aliphatic carbocycles. The maximum atomic E-state index is 11.7. The molecule has 2 atom stereocenters. The van der Waals surface area contributed by atoms with E-state index in [1.165, 1.54) is 0 Å². The summed E-state index contributed by atoms with van der Waals surface area (Å²) in [5.74, 6) is 0.185. The van der Waals surface area contributed by atoms with Crippen LogP contribution < -0.4 is 5.32 Å². The third kappa shape index (κ3) is 4.44. The Morgan fingerprint density at radius 1 is 1.36 bits per heavy atom. The molecule has 0 unspecified atom stereocenters. The molecule has 2 rings (SSSR count). The van der Waals surface area contributed by atoms with Crippen LogP contribution in [0.1, 0.15) is 45.7 Å². The normalized spacial score (nSPS) is 20.2. The van der Waals surface area contributed by atoms with Crippen molar-refractivity contribution in [1.82, 2.24) is 4.98 Å². The molecule has 0 aromatic carbocycles. The van der Waals surface area contributed by atoms with E-state index in [0.29, 0.717) is 12.4 Å². The van der Waals surface area contributed by atoms with E-state index in [-0.39, 0.29) is 17.8 Å². The van der Waals surface area contributed by atoms with Gasteiger partial charge in [0.05, 0.1) is 12.5 Å². The average molecular weight is 306 g/mol. The monoisotopic (exact) mass is 306 g/mol. The van der Waals surface area contributed by atoms with Crippen molar-refractivity contribution in [3.05, 3.63) is 23.9 Å². The number of rotatable bonds is 4. The zero-order valence-corrected chi connectivity index (χ0v) is 13.4. The molecule has 1 fully saturated rings. The first-order chi connectivity index (χ1) is 10.3. The van der Waals surface area contributed by atoms with E-state index in [4.69, 9.17) is 9.47 Å². The Bertz CT molecular complexity index is 566. The number of hydrogen-bond donors (Lipinski definition) is 1. The summed E-state index contributed by atoms with van der Waals surface area (Å²) in [7, 11) is 0. The number of ether oxygens (including phenoxy) is 2. The second kappa shape index (κ2) is 6.34. The molecule has 0 spiro atoms. The third-order valence-corrected chi connectivity index (χ3v) is 3.16. The van der Waals surface area contributed by atoms with E-state index < -0.39 is 11.7 Å². The molecule has 22 heavy (non-hydrogen) atoms. The summed E-state index contributed by atoms with van der Waals surface area (Å²) in [5, 5.41) is 2.60. The molecule has 0 radical (unpaired) electrons. The molecule has 0 aliphatic heterocycles. The average Bonchev–Trinajstić information content (AvgIpc) is 3.17. The quantitative estimate of drug-likeness (QED) is 0.865. The van der Waals surface area contributed by atoms with E-state index in [9.17, 15) is 9.59 Å². The molecule has 0 bridgehead atoms. The van der Waals surface area contributed by atoms with Crippen LogP contribution in [0.4, 0.5) is 10.6 Å². The molecule has 1 N–H and O–H groups in total. The summed E-state index contributed by atoms with van der Waals surface area (Å²) in [5.41, 5.74) is 0.222. The summed E-state index contributed by atoms with van der Waals surface area (Å²) < 4.78 is 10.2. The molecule has 6 heteroatoms. The standard InChI is InChI=1S/C16H22N2O4/c1-5-21-14(19)11-9-10(11)12-7-6-8-13(17-12)18-15(20)22-16(2,3)4/h6-8,10-11H,5,9H2,1-4H3,(H,17,18,20)/t10-,11-/m0/s1. The van der Waals surface area contributed by atoms with Gasteiger partial charge in [-0.25, -0.2) is 9.78 Å². The van der Waals surface area contributed by atoms with Crippen molar-refractivity contribution in [1.29, 1.82) is 0 Å². The fraction of sp³-hybridized carbons (Fsp3) is 0.562. The van der Waals surface area contributed by atoms with Gasteiger partial charge in [-0.1, -0.05) is 6.07 Å². The van der Waals surface area contributed by atoms with E-state index in [1.807, 2.05) is 6.07 Å². The number of aromatic nitrogens is 1. The molecule has 1 aliphatic rings. The summed E-state index contributed by atoms with van der Waals surface area (Å²) >= 11 is 0. The lowest BCUT2D eigenvalue weighted by atomic mass is 10.2. The predicted octanol–water partition coefficient (Wildman–Crippen LogP) is 3.10. The second-order valence-corrected chi connectivity index (χ2v) is 6.28. The summed E-state index contributed by atoms with van der Waals surface area (Å²) in [6, 6.07) is 5.34. The predicted molar refractivity (Wildman–Crippen MR) is 81.6 cm³/mol. The van der Waals surface area contributed by atoms with Crippen molar-refractivity contribution < 1.29 is 19.1 Å². The molecular formula is C16H22N2O4. The topological polar surface area (TPSA) is 77.5 Å². The van der Waals surface area contributed by atoms with Gasteiger partial charge in [-0.15, -0.1) is 0 Å². The van der Waals surface area contributed by atoms with E-state index in [2.05, 4.69) is 10.3 Å². The Balaban J connectivity index is 1.97. The smallest absolute Gasteiger partial charge is 0.413 e. The van der Waals surface area contributed by atoms with Gasteiger partial charge >= 0.3 is 12.1 Å². The van der Waals surface area contributed by atoms with Gasteiger partial charge in [0.15, 0.2) is 0 Å². The highest BCUT2D eigenvalue weighted by molar-refractivity contribution is 5.83. The molecular weight excluding hydrogens is 284 g/mol.